The van der Waals surface area contributed by atoms with Gasteiger partial charge in [-0.3, -0.25) is 4.79 Å². The number of halogens is 2. The van der Waals surface area contributed by atoms with Crippen molar-refractivity contribution >= 4 is 36.4 Å². The van der Waals surface area contributed by atoms with Crippen LogP contribution in [0.4, 0.5) is 5.69 Å². The lowest BCUT2D eigenvalue weighted by Crippen LogP contribution is -2.50. The van der Waals surface area contributed by atoms with E-state index in [1.54, 1.807) is 7.11 Å². The summed E-state index contributed by atoms with van der Waals surface area (Å²) in [6.07, 6.45) is 1.89. The maximum Gasteiger partial charge on any atom is 0.241 e. The molecule has 2 rings (SSSR count). The summed E-state index contributed by atoms with van der Waals surface area (Å²) < 4.78 is 4.94. The molecule has 1 fully saturated rings. The summed E-state index contributed by atoms with van der Waals surface area (Å²) in [5.41, 5.74) is 8.20. The van der Waals surface area contributed by atoms with Crippen LogP contribution in [0, 0.1) is 6.92 Å². The number of amides is 1. The van der Waals surface area contributed by atoms with Crippen molar-refractivity contribution in [1.82, 2.24) is 4.90 Å². The molecule has 3 N–H and O–H groups in total. The molecule has 0 aromatic heterocycles. The molecular formula is C16H27Cl2N3O2. The summed E-state index contributed by atoms with van der Waals surface area (Å²) in [6, 6.07) is 8.24. The van der Waals surface area contributed by atoms with Crippen LogP contribution in [0.25, 0.3) is 0 Å². The van der Waals surface area contributed by atoms with Gasteiger partial charge < -0.3 is 20.7 Å². The highest BCUT2D eigenvalue weighted by Crippen LogP contribution is 2.18. The van der Waals surface area contributed by atoms with Gasteiger partial charge in [-0.2, -0.15) is 0 Å². The number of benzene rings is 1. The van der Waals surface area contributed by atoms with E-state index in [4.69, 9.17) is 10.5 Å². The van der Waals surface area contributed by atoms with Gasteiger partial charge in [-0.1, -0.05) is 12.1 Å². The zero-order valence-electron chi connectivity index (χ0n) is 13.7. The minimum absolute atomic E-state index is 0. The van der Waals surface area contributed by atoms with Crippen LogP contribution < -0.4 is 11.1 Å². The van der Waals surface area contributed by atoms with Crippen LogP contribution in [0.15, 0.2) is 24.3 Å². The Morgan fingerprint density at radius 2 is 2.04 bits per heavy atom. The van der Waals surface area contributed by atoms with Crippen LogP contribution in [0.1, 0.15) is 18.4 Å². The van der Waals surface area contributed by atoms with E-state index in [-0.39, 0.29) is 37.3 Å². The van der Waals surface area contributed by atoms with Crippen LogP contribution in [-0.2, 0) is 9.53 Å². The number of hydrogen-bond acceptors (Lipinski definition) is 4. The third-order valence-electron chi connectivity index (χ3n) is 3.86. The second-order valence-electron chi connectivity index (χ2n) is 5.68. The van der Waals surface area contributed by atoms with Gasteiger partial charge in [0.1, 0.15) is 6.04 Å². The number of likely N-dealkylation sites (tertiary alicyclic amines) is 1. The molecule has 5 nitrogen and oxygen atoms in total. The first-order valence-electron chi connectivity index (χ1n) is 7.46. The van der Waals surface area contributed by atoms with Crippen molar-refractivity contribution in [3.05, 3.63) is 29.8 Å². The lowest BCUT2D eigenvalue weighted by molar-refractivity contribution is -0.134. The number of hydrogen-bond donors (Lipinski definition) is 2. The fraction of sp³-hybridized carbons (Fsp3) is 0.562. The topological polar surface area (TPSA) is 67.6 Å². The summed E-state index contributed by atoms with van der Waals surface area (Å²) in [6.45, 7) is 3.86. The zero-order chi connectivity index (χ0) is 15.2. The van der Waals surface area contributed by atoms with Crippen molar-refractivity contribution in [2.24, 2.45) is 5.73 Å². The van der Waals surface area contributed by atoms with Crippen LogP contribution in [0.2, 0.25) is 0 Å². The van der Waals surface area contributed by atoms with Crippen LogP contribution in [0.3, 0.4) is 0 Å². The zero-order valence-corrected chi connectivity index (χ0v) is 15.3. The third kappa shape index (κ3) is 6.55. The van der Waals surface area contributed by atoms with Gasteiger partial charge in [0, 0.05) is 31.9 Å². The molecule has 7 heteroatoms. The third-order valence-corrected chi connectivity index (χ3v) is 3.86. The summed E-state index contributed by atoms with van der Waals surface area (Å²) in [5.74, 6) is -0.00847. The lowest BCUT2D eigenvalue weighted by atomic mass is 10.0. The van der Waals surface area contributed by atoms with Crippen molar-refractivity contribution in [3.8, 4) is 0 Å². The number of carbonyl (C=O) groups excluding carboxylic acids is 1. The first-order chi connectivity index (χ1) is 10.1. The largest absolute Gasteiger partial charge is 0.383 e. The van der Waals surface area contributed by atoms with Gasteiger partial charge in [0.15, 0.2) is 0 Å². The van der Waals surface area contributed by atoms with E-state index in [9.17, 15) is 4.79 Å². The minimum Gasteiger partial charge on any atom is -0.383 e. The van der Waals surface area contributed by atoms with E-state index < -0.39 is 6.04 Å². The highest BCUT2D eigenvalue weighted by Gasteiger charge is 2.26. The van der Waals surface area contributed by atoms with Gasteiger partial charge in [0.2, 0.25) is 5.91 Å². The maximum absolute atomic E-state index is 12.1. The molecule has 1 amide bonds. The first kappa shape index (κ1) is 22.0. The Labute approximate surface area is 150 Å². The van der Waals surface area contributed by atoms with Gasteiger partial charge in [0.05, 0.1) is 6.61 Å². The molecule has 0 aliphatic carbocycles. The lowest BCUT2D eigenvalue weighted by Gasteiger charge is -2.34. The Morgan fingerprint density at radius 1 is 1.39 bits per heavy atom. The Morgan fingerprint density at radius 3 is 2.61 bits per heavy atom. The van der Waals surface area contributed by atoms with Crippen molar-refractivity contribution in [1.29, 1.82) is 0 Å². The van der Waals surface area contributed by atoms with E-state index >= 15 is 0 Å². The predicted molar refractivity (Wildman–Crippen MR) is 98.8 cm³/mol. The van der Waals surface area contributed by atoms with Crippen molar-refractivity contribution < 1.29 is 9.53 Å². The number of ether oxygens (including phenoxy) is 1. The molecule has 1 unspecified atom stereocenters. The molecule has 0 radical (unpaired) electrons. The normalized spacial score (nSPS) is 16.0. The first-order valence-corrected chi connectivity index (χ1v) is 7.46. The number of piperidine rings is 1. The van der Waals surface area contributed by atoms with Crippen molar-refractivity contribution in [2.75, 3.05) is 32.1 Å². The maximum atomic E-state index is 12.1. The summed E-state index contributed by atoms with van der Waals surface area (Å²) in [4.78, 5) is 13.9. The fourth-order valence-electron chi connectivity index (χ4n) is 2.70. The summed E-state index contributed by atoms with van der Waals surface area (Å²) in [5, 5.41) is 3.54. The number of aryl methyl sites for hydroxylation is 1. The number of nitrogens with one attached hydrogen (secondary N) is 1. The highest BCUT2D eigenvalue weighted by atomic mass is 35.5. The molecule has 1 saturated heterocycles. The van der Waals surface area contributed by atoms with Gasteiger partial charge in [-0.15, -0.1) is 24.8 Å². The molecule has 1 atom stereocenters. The second kappa shape index (κ2) is 10.7. The smallest absolute Gasteiger partial charge is 0.241 e. The number of anilines is 1. The summed E-state index contributed by atoms with van der Waals surface area (Å²) >= 11 is 0. The number of nitrogens with zero attached hydrogens (tertiary/aromatic N) is 1. The SMILES string of the molecule is COCC(N)C(=O)N1CCC(Nc2cccc(C)c2)CC1.Cl.Cl. The number of rotatable bonds is 5. The Balaban J connectivity index is 0.00000242. The Kier molecular flexibility index (Phi) is 10.2. The van der Waals surface area contributed by atoms with Crippen LogP contribution >= 0.6 is 24.8 Å². The molecule has 0 bridgehead atoms. The van der Waals surface area contributed by atoms with Crippen molar-refractivity contribution in [2.45, 2.75) is 31.8 Å². The van der Waals surface area contributed by atoms with E-state index in [1.165, 1.54) is 5.56 Å². The van der Waals surface area contributed by atoms with Gasteiger partial charge >= 0.3 is 0 Å². The molecule has 0 saturated carbocycles. The summed E-state index contributed by atoms with van der Waals surface area (Å²) in [7, 11) is 1.56. The van der Waals surface area contributed by atoms with E-state index in [0.717, 1.165) is 31.6 Å². The molecule has 0 spiro atoms. The van der Waals surface area contributed by atoms with Crippen molar-refractivity contribution in [3.63, 3.8) is 0 Å². The quantitative estimate of drug-likeness (QED) is 0.841. The van der Waals surface area contributed by atoms with Gasteiger partial charge in [-0.25, -0.2) is 0 Å². The molecule has 1 heterocycles. The molecule has 1 aromatic rings. The average Bonchev–Trinajstić information content (AvgIpc) is 2.47. The van der Waals surface area contributed by atoms with E-state index in [2.05, 4.69) is 36.5 Å². The predicted octanol–water partition coefficient (Wildman–Crippen LogP) is 2.22. The molecule has 1 aliphatic rings. The Hall–Kier alpha value is -1.01. The van der Waals surface area contributed by atoms with Crippen LogP contribution in [0.5, 0.6) is 0 Å². The molecule has 132 valence electrons. The molecule has 1 aromatic carbocycles. The average molecular weight is 364 g/mol. The highest BCUT2D eigenvalue weighted by molar-refractivity contribution is 5.85. The second-order valence-corrected chi connectivity index (χ2v) is 5.68. The standard InChI is InChI=1S/C16H25N3O2.2ClH/c1-12-4-3-5-14(10-12)18-13-6-8-19(9-7-13)16(20)15(17)11-21-2;;/h3-5,10,13,15,18H,6-9,11,17H2,1-2H3;2*1H. The molecule has 23 heavy (non-hydrogen) atoms. The minimum atomic E-state index is -0.545. The monoisotopic (exact) mass is 363 g/mol. The number of nitrogens with two attached hydrogens (primary N) is 1. The van der Waals surface area contributed by atoms with Gasteiger partial charge in [-0.05, 0) is 37.5 Å². The van der Waals surface area contributed by atoms with Gasteiger partial charge in [0.25, 0.3) is 0 Å². The molecular weight excluding hydrogens is 337 g/mol. The molecule has 1 aliphatic heterocycles. The van der Waals surface area contributed by atoms with E-state index in [0.29, 0.717) is 6.04 Å². The number of methoxy groups -OCH3 is 1. The number of carbonyl (C=O) groups is 1. The fourth-order valence-corrected chi connectivity index (χ4v) is 2.70. The van der Waals surface area contributed by atoms with Crippen LogP contribution in [-0.4, -0.2) is 49.7 Å². The van der Waals surface area contributed by atoms with E-state index in [1.807, 2.05) is 4.90 Å². The Bertz CT molecular complexity index is 480.